The predicted molar refractivity (Wildman–Crippen MR) is 253 cm³/mol. The molecule has 20 nitrogen and oxygen atoms in total. The van der Waals surface area contributed by atoms with Crippen molar-refractivity contribution < 1.29 is 44.6 Å². The Morgan fingerprint density at radius 2 is 0.857 bits per heavy atom. The Bertz CT molecular complexity index is 3040. The van der Waals surface area contributed by atoms with Crippen LogP contribution < -0.4 is 18.9 Å². The molecular weight excluding hydrogens is 951 g/mol. The fraction of sp³-hybridized carbons (Fsp3) is 0.304. The minimum Gasteiger partial charge on any atom is -0.494 e. The Morgan fingerprint density at radius 3 is 1.14 bits per heavy atom. The maximum absolute atomic E-state index is 13.3. The van der Waals surface area contributed by atoms with Crippen LogP contribution in [-0.2, 0) is 58.1 Å². The summed E-state index contributed by atoms with van der Waals surface area (Å²) in [6.07, 6.45) is 11.5. The van der Waals surface area contributed by atoms with Gasteiger partial charge < -0.3 is 28.1 Å². The van der Waals surface area contributed by atoms with Crippen molar-refractivity contribution in [2.45, 2.75) is 48.7 Å². The zero-order valence-electron chi connectivity index (χ0n) is 39.4. The van der Waals surface area contributed by atoms with Crippen molar-refractivity contribution in [1.82, 2.24) is 58.6 Å². The molecule has 0 bridgehead atoms. The predicted octanol–water partition coefficient (Wildman–Crippen LogP) is 5.53. The number of para-hydroxylation sites is 2. The number of methoxy groups -OCH3 is 4. The lowest BCUT2D eigenvalue weighted by Gasteiger charge is -2.18. The first-order chi connectivity index (χ1) is 33.5. The van der Waals surface area contributed by atoms with E-state index in [1.54, 1.807) is 59.4 Å². The van der Waals surface area contributed by atoms with Crippen LogP contribution in [0.2, 0.25) is 0 Å². The summed E-state index contributed by atoms with van der Waals surface area (Å²) < 4.78 is 109. The standard InChI is InChI=1S/2C23H25FN6O4S/c2*1-15(10-20-25-11-17(24)12-26-20)35(31,32)14-21-27-28-23(16-8-9-29(2)13-16)30(21)22-18(33-3)6-5-7-19(22)34-4/h2*5-9,11-13,15H,10,14H2,1-4H3/t2*15-/m10/s1. The number of ether oxygens (including phenoxy) is 4. The van der Waals surface area contributed by atoms with Gasteiger partial charge in [0.15, 0.2) is 54.6 Å². The molecule has 0 amide bonds. The van der Waals surface area contributed by atoms with E-state index in [4.69, 9.17) is 18.9 Å². The monoisotopic (exact) mass is 1000 g/mol. The number of nitrogens with zero attached hydrogens (tertiary/aromatic N) is 12. The molecule has 8 rings (SSSR count). The molecule has 0 spiro atoms. The normalized spacial score (nSPS) is 12.5. The smallest absolute Gasteiger partial charge is 0.170 e. The highest BCUT2D eigenvalue weighted by Gasteiger charge is 2.31. The van der Waals surface area contributed by atoms with Crippen LogP contribution >= 0.6 is 0 Å². The van der Waals surface area contributed by atoms with E-state index in [0.29, 0.717) is 46.0 Å². The van der Waals surface area contributed by atoms with Gasteiger partial charge in [0, 0.05) is 62.9 Å². The highest BCUT2D eigenvalue weighted by molar-refractivity contribution is 7.91. The molecule has 0 saturated carbocycles. The second kappa shape index (κ2) is 21.4. The highest BCUT2D eigenvalue weighted by Crippen LogP contribution is 2.38. The van der Waals surface area contributed by atoms with Crippen LogP contribution in [0.3, 0.4) is 0 Å². The van der Waals surface area contributed by atoms with E-state index < -0.39 is 53.3 Å². The van der Waals surface area contributed by atoms with Crippen molar-refractivity contribution in [2.24, 2.45) is 14.1 Å². The van der Waals surface area contributed by atoms with Gasteiger partial charge in [0.25, 0.3) is 0 Å². The lowest BCUT2D eigenvalue weighted by Crippen LogP contribution is -2.24. The van der Waals surface area contributed by atoms with Crippen LogP contribution in [-0.4, -0.2) is 114 Å². The molecule has 0 aliphatic rings. The number of aryl methyl sites for hydroxylation is 2. The molecule has 6 aromatic heterocycles. The summed E-state index contributed by atoms with van der Waals surface area (Å²) in [7, 11) is 2.35. The van der Waals surface area contributed by atoms with Crippen LogP contribution in [0.5, 0.6) is 23.0 Å². The van der Waals surface area contributed by atoms with Gasteiger partial charge in [-0.2, -0.15) is 0 Å². The van der Waals surface area contributed by atoms with Gasteiger partial charge in [-0.25, -0.2) is 45.6 Å². The second-order valence-corrected chi connectivity index (χ2v) is 20.8. The SMILES string of the molecule is COc1cccc(OC)c1-n1c(CS(=O)(=O)[C@@H](C)Cc2ncc(F)cn2)nnc1-c1ccn(C)c1.COc1cccc(OC)c1-n1c(CS(=O)(=O)[C@H](C)Cc2ncc(F)cn2)nnc1-c1ccn(C)c1. The summed E-state index contributed by atoms with van der Waals surface area (Å²) in [5.74, 6) is 1.61. The number of aromatic nitrogens is 12. The molecule has 0 saturated heterocycles. The molecule has 6 heterocycles. The van der Waals surface area contributed by atoms with Crippen molar-refractivity contribution in [3.05, 3.63) is 133 Å². The van der Waals surface area contributed by atoms with Crippen molar-refractivity contribution in [3.8, 4) is 57.1 Å². The molecule has 0 N–H and O–H groups in total. The third kappa shape index (κ3) is 11.1. The second-order valence-electron chi connectivity index (χ2n) is 16.0. The molecule has 368 valence electrons. The van der Waals surface area contributed by atoms with E-state index in [1.165, 1.54) is 28.4 Å². The van der Waals surface area contributed by atoms with Gasteiger partial charge in [-0.1, -0.05) is 12.1 Å². The lowest BCUT2D eigenvalue weighted by atomic mass is 10.2. The third-order valence-corrected chi connectivity index (χ3v) is 15.2. The Labute approximate surface area is 402 Å². The van der Waals surface area contributed by atoms with E-state index >= 15 is 0 Å². The van der Waals surface area contributed by atoms with Gasteiger partial charge in [0.2, 0.25) is 0 Å². The number of benzene rings is 2. The minimum absolute atomic E-state index is 0.0280. The van der Waals surface area contributed by atoms with Gasteiger partial charge in [-0.3, -0.25) is 9.13 Å². The molecule has 0 aliphatic carbocycles. The van der Waals surface area contributed by atoms with E-state index in [1.807, 2.05) is 60.1 Å². The van der Waals surface area contributed by atoms with E-state index in [2.05, 4.69) is 40.3 Å². The number of sulfone groups is 2. The van der Waals surface area contributed by atoms with Gasteiger partial charge in [-0.15, -0.1) is 20.4 Å². The van der Waals surface area contributed by atoms with Crippen molar-refractivity contribution in [2.75, 3.05) is 28.4 Å². The van der Waals surface area contributed by atoms with Crippen molar-refractivity contribution in [3.63, 3.8) is 0 Å². The largest absolute Gasteiger partial charge is 0.494 e. The molecule has 70 heavy (non-hydrogen) atoms. The topological polar surface area (TPSA) is 228 Å². The minimum atomic E-state index is -3.74. The molecule has 0 aliphatic heterocycles. The average molecular weight is 1000 g/mol. The van der Waals surface area contributed by atoms with E-state index in [0.717, 1.165) is 35.9 Å². The number of rotatable bonds is 18. The zero-order chi connectivity index (χ0) is 50.3. The third-order valence-electron chi connectivity index (χ3n) is 11.1. The Kier molecular flexibility index (Phi) is 15.3. The Balaban J connectivity index is 0.000000206. The quantitative estimate of drug-likeness (QED) is 0.103. The highest BCUT2D eigenvalue weighted by atomic mass is 32.2. The molecule has 0 fully saturated rings. The maximum Gasteiger partial charge on any atom is 0.170 e. The maximum atomic E-state index is 13.3. The molecule has 8 aromatic rings. The lowest BCUT2D eigenvalue weighted by molar-refractivity contribution is 0.390. The molecule has 2 atom stereocenters. The number of hydrogen-bond acceptors (Lipinski definition) is 16. The fourth-order valence-corrected chi connectivity index (χ4v) is 9.81. The van der Waals surface area contributed by atoms with E-state index in [9.17, 15) is 25.6 Å². The van der Waals surface area contributed by atoms with Crippen LogP contribution in [0.1, 0.15) is 37.1 Å². The Morgan fingerprint density at radius 1 is 0.529 bits per heavy atom. The first kappa shape index (κ1) is 50.3. The Hall–Kier alpha value is -7.60. The average Bonchev–Trinajstić information content (AvgIpc) is 4.17. The summed E-state index contributed by atoms with van der Waals surface area (Å²) in [6.45, 7) is 3.12. The molecule has 24 heteroatoms. The summed E-state index contributed by atoms with van der Waals surface area (Å²) in [4.78, 5) is 15.5. The fourth-order valence-electron chi connectivity index (χ4n) is 7.34. The van der Waals surface area contributed by atoms with Crippen LogP contribution in [0.15, 0.2) is 98.1 Å². The summed E-state index contributed by atoms with van der Waals surface area (Å²) in [6, 6.07) is 14.3. The molecular formula is C46H50F2N12O8S2. The van der Waals surface area contributed by atoms with Crippen LogP contribution in [0.4, 0.5) is 8.78 Å². The summed E-state index contributed by atoms with van der Waals surface area (Å²) in [5, 5.41) is 15.4. The molecule has 2 aromatic carbocycles. The van der Waals surface area contributed by atoms with Crippen molar-refractivity contribution in [1.29, 1.82) is 0 Å². The van der Waals surface area contributed by atoms with Gasteiger partial charge >= 0.3 is 0 Å². The molecule has 0 unspecified atom stereocenters. The van der Waals surface area contributed by atoms with Crippen LogP contribution in [0.25, 0.3) is 34.2 Å². The summed E-state index contributed by atoms with van der Waals surface area (Å²) in [5.41, 5.74) is 2.45. The van der Waals surface area contributed by atoms with Crippen LogP contribution in [0, 0.1) is 11.6 Å². The summed E-state index contributed by atoms with van der Waals surface area (Å²) >= 11 is 0. The first-order valence-corrected chi connectivity index (χ1v) is 24.8. The van der Waals surface area contributed by atoms with E-state index in [-0.39, 0.29) is 36.1 Å². The van der Waals surface area contributed by atoms with Gasteiger partial charge in [0.1, 0.15) is 57.5 Å². The van der Waals surface area contributed by atoms with Gasteiger partial charge in [-0.05, 0) is 50.2 Å². The number of hydrogen-bond donors (Lipinski definition) is 0. The first-order valence-electron chi connectivity index (χ1n) is 21.4. The number of halogens is 2. The van der Waals surface area contributed by atoms with Gasteiger partial charge in [0.05, 0.1) is 63.7 Å². The zero-order valence-corrected chi connectivity index (χ0v) is 41.1. The molecule has 0 radical (unpaired) electrons. The van der Waals surface area contributed by atoms with Crippen molar-refractivity contribution >= 4 is 19.7 Å².